The van der Waals surface area contributed by atoms with Crippen LogP contribution in [0.25, 0.3) is 10.9 Å². The molecule has 1 aliphatic carbocycles. The standard InChI is InChI=1S/C24H29F2N5O/c1-31(2)22-19-8-4-5-9-20(19)29-24(30-22)28-18-13-11-17(12-14-18)27-15-16-7-3-6-10-21(16)32-23(25)26/h3-10,17-18,23,27H,11-15H2,1-2H3,(H,28,29,30)/t17-,18+. The number of anilines is 2. The summed E-state index contributed by atoms with van der Waals surface area (Å²) in [6, 6.07) is 15.6. The minimum Gasteiger partial charge on any atom is -0.434 e. The molecule has 1 fully saturated rings. The van der Waals surface area contributed by atoms with Crippen LogP contribution in [-0.4, -0.2) is 42.8 Å². The van der Waals surface area contributed by atoms with Crippen LogP contribution in [0.1, 0.15) is 31.2 Å². The molecule has 0 amide bonds. The van der Waals surface area contributed by atoms with Crippen molar-refractivity contribution < 1.29 is 13.5 Å². The maximum atomic E-state index is 12.6. The fourth-order valence-electron chi connectivity index (χ4n) is 4.20. The van der Waals surface area contributed by atoms with Crippen LogP contribution < -0.4 is 20.3 Å². The van der Waals surface area contributed by atoms with Crippen LogP contribution in [0.15, 0.2) is 48.5 Å². The molecule has 6 nitrogen and oxygen atoms in total. The smallest absolute Gasteiger partial charge is 0.387 e. The third-order valence-corrected chi connectivity index (χ3v) is 5.84. The highest BCUT2D eigenvalue weighted by atomic mass is 19.3. The Balaban J connectivity index is 1.33. The summed E-state index contributed by atoms with van der Waals surface area (Å²) >= 11 is 0. The van der Waals surface area contributed by atoms with E-state index < -0.39 is 6.61 Å². The molecule has 0 aliphatic heterocycles. The van der Waals surface area contributed by atoms with Crippen LogP contribution >= 0.6 is 0 Å². The molecule has 1 saturated carbocycles. The summed E-state index contributed by atoms with van der Waals surface area (Å²) in [4.78, 5) is 11.4. The van der Waals surface area contributed by atoms with E-state index in [0.717, 1.165) is 48.0 Å². The second kappa shape index (κ2) is 10.1. The molecule has 0 atom stereocenters. The molecule has 1 heterocycles. The number of alkyl halides is 2. The maximum Gasteiger partial charge on any atom is 0.387 e. The number of fused-ring (bicyclic) bond motifs is 1. The van der Waals surface area contributed by atoms with Crippen LogP contribution in [0.3, 0.4) is 0 Å². The highest BCUT2D eigenvalue weighted by Crippen LogP contribution is 2.27. The highest BCUT2D eigenvalue weighted by Gasteiger charge is 2.22. The second-order valence-corrected chi connectivity index (χ2v) is 8.34. The summed E-state index contributed by atoms with van der Waals surface area (Å²) in [6.07, 6.45) is 3.95. The first-order valence-corrected chi connectivity index (χ1v) is 11.0. The first-order chi connectivity index (χ1) is 15.5. The fourth-order valence-corrected chi connectivity index (χ4v) is 4.20. The predicted octanol–water partition coefficient (Wildman–Crippen LogP) is 4.81. The van der Waals surface area contributed by atoms with Crippen molar-refractivity contribution in [3.8, 4) is 5.75 Å². The zero-order chi connectivity index (χ0) is 22.5. The molecular weight excluding hydrogens is 412 g/mol. The van der Waals surface area contributed by atoms with E-state index in [1.165, 1.54) is 0 Å². The van der Waals surface area contributed by atoms with E-state index in [1.54, 1.807) is 12.1 Å². The van der Waals surface area contributed by atoms with E-state index in [9.17, 15) is 8.78 Å². The molecule has 0 unspecified atom stereocenters. The number of hydrogen-bond acceptors (Lipinski definition) is 6. The Kier molecular flexibility index (Phi) is 6.99. The summed E-state index contributed by atoms with van der Waals surface area (Å²) in [5, 5.41) is 8.04. The number of hydrogen-bond donors (Lipinski definition) is 2. The Morgan fingerprint density at radius 1 is 0.969 bits per heavy atom. The van der Waals surface area contributed by atoms with E-state index in [-0.39, 0.29) is 5.75 Å². The number of halogens is 2. The number of nitrogens with one attached hydrogen (secondary N) is 2. The van der Waals surface area contributed by atoms with Gasteiger partial charge in [-0.25, -0.2) is 4.98 Å². The van der Waals surface area contributed by atoms with E-state index in [1.807, 2.05) is 55.4 Å². The lowest BCUT2D eigenvalue weighted by atomic mass is 9.91. The molecule has 0 bridgehead atoms. The summed E-state index contributed by atoms with van der Waals surface area (Å²) in [5.74, 6) is 1.79. The van der Waals surface area contributed by atoms with Crippen LogP contribution in [-0.2, 0) is 6.54 Å². The Bertz CT molecular complexity index is 1040. The lowest BCUT2D eigenvalue weighted by molar-refractivity contribution is -0.0505. The molecule has 8 heteroatoms. The predicted molar refractivity (Wildman–Crippen MR) is 123 cm³/mol. The van der Waals surface area contributed by atoms with Crippen molar-refractivity contribution in [2.45, 2.75) is 50.9 Å². The zero-order valence-electron chi connectivity index (χ0n) is 18.4. The van der Waals surface area contributed by atoms with Crippen molar-refractivity contribution in [3.63, 3.8) is 0 Å². The topological polar surface area (TPSA) is 62.3 Å². The Hall–Kier alpha value is -3.00. The van der Waals surface area contributed by atoms with Gasteiger partial charge in [-0.2, -0.15) is 13.8 Å². The molecule has 0 spiro atoms. The van der Waals surface area contributed by atoms with Crippen molar-refractivity contribution in [2.24, 2.45) is 0 Å². The SMILES string of the molecule is CN(C)c1nc(N[C@H]2CC[C@@H](NCc3ccccc3OC(F)F)CC2)nc2ccccc12. The molecule has 3 aromatic rings. The summed E-state index contributed by atoms with van der Waals surface area (Å²) in [6.45, 7) is -2.31. The second-order valence-electron chi connectivity index (χ2n) is 8.34. The van der Waals surface area contributed by atoms with Gasteiger partial charge in [0.25, 0.3) is 0 Å². The van der Waals surface area contributed by atoms with Crippen molar-refractivity contribution in [2.75, 3.05) is 24.3 Å². The van der Waals surface area contributed by atoms with Crippen LogP contribution in [0.2, 0.25) is 0 Å². The normalized spacial score (nSPS) is 18.7. The number of rotatable bonds is 8. The van der Waals surface area contributed by atoms with Crippen LogP contribution in [0.5, 0.6) is 5.75 Å². The first-order valence-electron chi connectivity index (χ1n) is 11.0. The quantitative estimate of drug-likeness (QED) is 0.523. The van der Waals surface area contributed by atoms with Gasteiger partial charge in [-0.3, -0.25) is 0 Å². The van der Waals surface area contributed by atoms with Gasteiger partial charge in [0.2, 0.25) is 5.95 Å². The summed E-state index contributed by atoms with van der Waals surface area (Å²) < 4.78 is 29.8. The van der Waals surface area contributed by atoms with Gasteiger partial charge in [-0.05, 0) is 43.9 Å². The van der Waals surface area contributed by atoms with Crippen molar-refractivity contribution in [3.05, 3.63) is 54.1 Å². The third-order valence-electron chi connectivity index (χ3n) is 5.84. The Labute approximate surface area is 187 Å². The minimum atomic E-state index is -2.82. The summed E-state index contributed by atoms with van der Waals surface area (Å²) in [5.41, 5.74) is 1.67. The molecule has 170 valence electrons. The van der Waals surface area contributed by atoms with Crippen molar-refractivity contribution in [1.82, 2.24) is 15.3 Å². The van der Waals surface area contributed by atoms with Gasteiger partial charge >= 0.3 is 6.61 Å². The van der Waals surface area contributed by atoms with Gasteiger partial charge in [0.15, 0.2) is 0 Å². The fraction of sp³-hybridized carbons (Fsp3) is 0.417. The van der Waals surface area contributed by atoms with Gasteiger partial charge < -0.3 is 20.3 Å². The molecule has 2 aromatic carbocycles. The number of ether oxygens (including phenoxy) is 1. The van der Waals surface area contributed by atoms with Gasteiger partial charge in [0, 0.05) is 43.7 Å². The van der Waals surface area contributed by atoms with E-state index in [0.29, 0.717) is 24.6 Å². The average molecular weight is 442 g/mol. The molecule has 0 saturated heterocycles. The van der Waals surface area contributed by atoms with Crippen LogP contribution in [0.4, 0.5) is 20.5 Å². The molecule has 1 aliphatic rings. The van der Waals surface area contributed by atoms with E-state index in [4.69, 9.17) is 9.97 Å². The lowest BCUT2D eigenvalue weighted by Crippen LogP contribution is -2.37. The monoisotopic (exact) mass is 441 g/mol. The number of nitrogens with zero attached hydrogens (tertiary/aromatic N) is 3. The highest BCUT2D eigenvalue weighted by molar-refractivity contribution is 5.90. The molecule has 1 aromatic heterocycles. The molecule has 2 N–H and O–H groups in total. The molecular formula is C24H29F2N5O. The average Bonchev–Trinajstić information content (AvgIpc) is 2.78. The molecule has 4 rings (SSSR count). The van der Waals surface area contributed by atoms with Gasteiger partial charge in [0.1, 0.15) is 11.6 Å². The Morgan fingerprint density at radius 3 is 2.41 bits per heavy atom. The van der Waals surface area contributed by atoms with Gasteiger partial charge in [-0.1, -0.05) is 30.3 Å². The number of para-hydroxylation sites is 2. The molecule has 32 heavy (non-hydrogen) atoms. The van der Waals surface area contributed by atoms with Crippen LogP contribution in [0, 0.1) is 0 Å². The van der Waals surface area contributed by atoms with Gasteiger partial charge in [0.05, 0.1) is 5.52 Å². The lowest BCUT2D eigenvalue weighted by Gasteiger charge is -2.30. The maximum absolute atomic E-state index is 12.6. The van der Waals surface area contributed by atoms with Crippen molar-refractivity contribution >= 4 is 22.7 Å². The molecule has 0 radical (unpaired) electrons. The Morgan fingerprint density at radius 2 is 1.66 bits per heavy atom. The minimum absolute atomic E-state index is 0.232. The largest absolute Gasteiger partial charge is 0.434 e. The number of benzene rings is 2. The first kappa shape index (κ1) is 22.2. The number of aromatic nitrogens is 2. The zero-order valence-corrected chi connectivity index (χ0v) is 18.4. The van der Waals surface area contributed by atoms with Crippen molar-refractivity contribution in [1.29, 1.82) is 0 Å². The third kappa shape index (κ3) is 5.43. The van der Waals surface area contributed by atoms with E-state index in [2.05, 4.69) is 15.4 Å². The summed E-state index contributed by atoms with van der Waals surface area (Å²) in [7, 11) is 3.97. The van der Waals surface area contributed by atoms with Gasteiger partial charge in [-0.15, -0.1) is 0 Å². The van der Waals surface area contributed by atoms with E-state index >= 15 is 0 Å².